The van der Waals surface area contributed by atoms with Crippen molar-refractivity contribution in [3.63, 3.8) is 0 Å². The van der Waals surface area contributed by atoms with E-state index in [2.05, 4.69) is 14.7 Å². The van der Waals surface area contributed by atoms with Crippen LogP contribution in [0.1, 0.15) is 40.5 Å². The fourth-order valence-corrected chi connectivity index (χ4v) is 3.56. The van der Waals surface area contributed by atoms with E-state index in [-0.39, 0.29) is 23.4 Å². The van der Waals surface area contributed by atoms with Crippen molar-refractivity contribution in [1.29, 1.82) is 0 Å². The lowest BCUT2D eigenvalue weighted by Gasteiger charge is -2.34. The second-order valence-electron chi connectivity index (χ2n) is 9.40. The first-order valence-electron chi connectivity index (χ1n) is 12.0. The molecular formula is C25H43N3O3. The molecule has 0 radical (unpaired) electrons. The van der Waals surface area contributed by atoms with E-state index in [4.69, 9.17) is 4.74 Å². The summed E-state index contributed by atoms with van der Waals surface area (Å²) < 4.78 is 5.23. The Morgan fingerprint density at radius 2 is 1.23 bits per heavy atom. The molecule has 6 heteroatoms. The highest BCUT2D eigenvalue weighted by atomic mass is 16.5. The average molecular weight is 434 g/mol. The van der Waals surface area contributed by atoms with Crippen LogP contribution in [0.3, 0.4) is 0 Å². The molecule has 0 aromatic heterocycles. The van der Waals surface area contributed by atoms with Gasteiger partial charge in [-0.2, -0.15) is 0 Å². The van der Waals surface area contributed by atoms with Crippen LogP contribution < -0.4 is 0 Å². The van der Waals surface area contributed by atoms with Gasteiger partial charge in [0, 0.05) is 70.2 Å². The third-order valence-corrected chi connectivity index (χ3v) is 6.00. The van der Waals surface area contributed by atoms with Gasteiger partial charge in [0.05, 0.1) is 13.2 Å². The first-order valence-corrected chi connectivity index (χ1v) is 12.0. The topological polar surface area (TPSA) is 53.1 Å². The number of carbonyl (C=O) groups excluding carboxylic acids is 2. The molecule has 0 aromatic carbocycles. The number of allylic oxidation sites excluding steroid dienone is 2. The Kier molecular flexibility index (Phi) is 11.7. The fourth-order valence-electron chi connectivity index (χ4n) is 3.56. The molecule has 0 amide bonds. The van der Waals surface area contributed by atoms with Gasteiger partial charge in [0.25, 0.3) is 0 Å². The maximum Gasteiger partial charge on any atom is 0.157 e. The van der Waals surface area contributed by atoms with E-state index >= 15 is 0 Å². The summed E-state index contributed by atoms with van der Waals surface area (Å²) >= 11 is 0. The lowest BCUT2D eigenvalue weighted by Crippen LogP contribution is -2.47. The number of carbonyl (C=O) groups is 2. The zero-order chi connectivity index (χ0) is 22.6. The first kappa shape index (κ1) is 25.9. The lowest BCUT2D eigenvalue weighted by atomic mass is 10.1. The molecule has 6 nitrogen and oxygen atoms in total. The summed E-state index contributed by atoms with van der Waals surface area (Å²) in [6.45, 7) is 17.8. The van der Waals surface area contributed by atoms with Crippen molar-refractivity contribution in [1.82, 2.24) is 14.7 Å². The van der Waals surface area contributed by atoms with Crippen LogP contribution >= 0.6 is 0 Å². The largest absolute Gasteiger partial charge is 0.379 e. The average Bonchev–Trinajstić information content (AvgIpc) is 3.60. The van der Waals surface area contributed by atoms with Gasteiger partial charge in [-0.1, -0.05) is 39.8 Å². The molecule has 0 atom stereocenters. The molecule has 0 spiro atoms. The lowest BCUT2D eigenvalue weighted by molar-refractivity contribution is -0.118. The van der Waals surface area contributed by atoms with Gasteiger partial charge in [-0.3, -0.25) is 24.3 Å². The number of hydrogen-bond donors (Lipinski definition) is 0. The second-order valence-corrected chi connectivity index (χ2v) is 9.40. The summed E-state index contributed by atoms with van der Waals surface area (Å²) in [5.41, 5.74) is 0. The Hall–Kier alpha value is -1.34. The minimum atomic E-state index is 0.107. The normalized spacial score (nSPS) is 21.7. The Balaban J connectivity index is 0.000000225. The van der Waals surface area contributed by atoms with Crippen LogP contribution in [0.25, 0.3) is 0 Å². The third kappa shape index (κ3) is 10.7. The summed E-state index contributed by atoms with van der Waals surface area (Å²) in [6, 6.07) is 0.898. The molecule has 2 saturated heterocycles. The Morgan fingerprint density at radius 1 is 0.774 bits per heavy atom. The van der Waals surface area contributed by atoms with Crippen molar-refractivity contribution in [3.05, 3.63) is 24.3 Å². The maximum atomic E-state index is 11.4. The molecule has 0 aromatic rings. The van der Waals surface area contributed by atoms with E-state index in [1.807, 2.05) is 39.8 Å². The van der Waals surface area contributed by atoms with E-state index < -0.39 is 0 Å². The molecule has 1 aliphatic carbocycles. The summed E-state index contributed by atoms with van der Waals surface area (Å²) in [6.07, 6.45) is 10.2. The van der Waals surface area contributed by atoms with Gasteiger partial charge < -0.3 is 4.74 Å². The fraction of sp³-hybridized carbons (Fsp3) is 0.760. The number of piperazine rings is 1. The minimum absolute atomic E-state index is 0.107. The van der Waals surface area contributed by atoms with Crippen LogP contribution in [0.2, 0.25) is 0 Å². The highest BCUT2D eigenvalue weighted by Gasteiger charge is 2.30. The van der Waals surface area contributed by atoms with Crippen molar-refractivity contribution in [2.75, 3.05) is 65.6 Å². The van der Waals surface area contributed by atoms with Crippen LogP contribution in [-0.4, -0.2) is 97.9 Å². The van der Waals surface area contributed by atoms with E-state index in [1.165, 1.54) is 25.9 Å². The van der Waals surface area contributed by atoms with Crippen molar-refractivity contribution >= 4 is 11.6 Å². The van der Waals surface area contributed by atoms with Gasteiger partial charge in [-0.25, -0.2) is 0 Å². The summed E-state index contributed by atoms with van der Waals surface area (Å²) in [5, 5.41) is 0. The second kappa shape index (κ2) is 13.9. The molecule has 1 saturated carbocycles. The van der Waals surface area contributed by atoms with Crippen LogP contribution in [0, 0.1) is 11.8 Å². The summed E-state index contributed by atoms with van der Waals surface area (Å²) in [7, 11) is 0. The highest BCUT2D eigenvalue weighted by molar-refractivity contribution is 5.91. The van der Waals surface area contributed by atoms with Crippen LogP contribution in [0.15, 0.2) is 24.3 Å². The maximum absolute atomic E-state index is 11.4. The summed E-state index contributed by atoms with van der Waals surface area (Å²) in [5.74, 6) is 0.675. The van der Waals surface area contributed by atoms with Crippen molar-refractivity contribution in [2.45, 2.75) is 46.6 Å². The highest BCUT2D eigenvalue weighted by Crippen LogP contribution is 2.27. The van der Waals surface area contributed by atoms with E-state index in [0.717, 1.165) is 58.5 Å². The van der Waals surface area contributed by atoms with Crippen molar-refractivity contribution in [3.8, 4) is 0 Å². The smallest absolute Gasteiger partial charge is 0.157 e. The van der Waals surface area contributed by atoms with E-state index in [9.17, 15) is 9.59 Å². The number of nitrogens with zero attached hydrogens (tertiary/aromatic N) is 3. The molecule has 2 aliphatic heterocycles. The first-order chi connectivity index (χ1) is 14.9. The molecular weight excluding hydrogens is 390 g/mol. The molecule has 2 heterocycles. The van der Waals surface area contributed by atoms with E-state index in [0.29, 0.717) is 0 Å². The molecule has 3 aliphatic rings. The van der Waals surface area contributed by atoms with Crippen LogP contribution in [0.5, 0.6) is 0 Å². The predicted molar refractivity (Wildman–Crippen MR) is 126 cm³/mol. The molecule has 3 rings (SSSR count). The van der Waals surface area contributed by atoms with Gasteiger partial charge in [0.15, 0.2) is 11.6 Å². The number of rotatable bonds is 9. The molecule has 0 unspecified atom stereocenters. The zero-order valence-electron chi connectivity index (χ0n) is 20.1. The van der Waals surface area contributed by atoms with Crippen LogP contribution in [0.4, 0.5) is 0 Å². The SMILES string of the molecule is CC(C)C(=O)/C=C/CN1CCN(C2CC2)CC1.CC(C)C(=O)/C=C/CN1CCOCC1. The van der Waals surface area contributed by atoms with Crippen LogP contribution in [-0.2, 0) is 14.3 Å². The minimum Gasteiger partial charge on any atom is -0.379 e. The standard InChI is InChI=1S/C14H24N2O.C11H19NO2/c1-12(2)14(17)4-3-7-15-8-10-16(11-9-15)13-5-6-13;1-10(2)11(13)4-3-5-12-6-8-14-9-7-12/h3-4,12-13H,5-11H2,1-2H3;3-4,10H,5-9H2,1-2H3/b2*4-3+. The summed E-state index contributed by atoms with van der Waals surface area (Å²) in [4.78, 5) is 30.0. The number of ketones is 2. The molecule has 3 fully saturated rings. The molecule has 176 valence electrons. The Bertz CT molecular complexity index is 597. The Morgan fingerprint density at radius 3 is 1.65 bits per heavy atom. The van der Waals surface area contributed by atoms with Crippen molar-refractivity contribution < 1.29 is 14.3 Å². The van der Waals surface area contributed by atoms with Crippen molar-refractivity contribution in [2.24, 2.45) is 11.8 Å². The van der Waals surface area contributed by atoms with Gasteiger partial charge in [0.1, 0.15) is 0 Å². The van der Waals surface area contributed by atoms with Gasteiger partial charge >= 0.3 is 0 Å². The number of morpholine rings is 1. The quantitative estimate of drug-likeness (QED) is 0.521. The number of hydrogen-bond acceptors (Lipinski definition) is 6. The third-order valence-electron chi connectivity index (χ3n) is 6.00. The zero-order valence-corrected chi connectivity index (χ0v) is 20.1. The van der Waals surface area contributed by atoms with Gasteiger partial charge in [-0.15, -0.1) is 0 Å². The van der Waals surface area contributed by atoms with Gasteiger partial charge in [0.2, 0.25) is 0 Å². The molecule has 0 N–H and O–H groups in total. The molecule has 31 heavy (non-hydrogen) atoms. The monoisotopic (exact) mass is 433 g/mol. The molecule has 0 bridgehead atoms. The predicted octanol–water partition coefficient (Wildman–Crippen LogP) is 2.65. The van der Waals surface area contributed by atoms with E-state index in [1.54, 1.807) is 12.2 Å². The number of ether oxygens (including phenoxy) is 1. The Labute approximate surface area is 189 Å². The van der Waals surface area contributed by atoms with Gasteiger partial charge in [-0.05, 0) is 25.0 Å².